The van der Waals surface area contributed by atoms with Crippen LogP contribution in [0.25, 0.3) is 10.9 Å². The van der Waals surface area contributed by atoms with Crippen LogP contribution >= 0.6 is 0 Å². The number of nitrogens with zero attached hydrogens (tertiary/aromatic N) is 3. The number of H-pyrrole nitrogens is 1. The van der Waals surface area contributed by atoms with Crippen LogP contribution in [0.5, 0.6) is 0 Å². The average molecular weight is 569 g/mol. The Morgan fingerprint density at radius 3 is 2.58 bits per heavy atom. The Morgan fingerprint density at radius 1 is 1.12 bits per heavy atom. The van der Waals surface area contributed by atoms with Gasteiger partial charge in [0.15, 0.2) is 5.95 Å². The molecule has 2 aromatic heterocycles. The third-order valence-electron chi connectivity index (χ3n) is 5.79. The standard InChI is InChI=1S/C25H28N8O6S/c1-16(34)31-19-4-6-20(7-5-19)40(38,39)32-21(24(36)37)15-29-23(35)17-3-8-22-18(13-17)14-30-33(22)12-2-9-26-25-27-10-11-28-25/h3-8,10-11,13-14,21,32H,2,9,12,15H2,1H3,(H,29,35)(H,31,34)(H,36,37)(H2,26,27,28)/t21-/m0/s1. The van der Waals surface area contributed by atoms with E-state index in [1.807, 2.05) is 4.68 Å². The zero-order valence-corrected chi connectivity index (χ0v) is 22.2. The third-order valence-corrected chi connectivity index (χ3v) is 7.28. The van der Waals surface area contributed by atoms with Crippen LogP contribution in [0.3, 0.4) is 0 Å². The van der Waals surface area contributed by atoms with Gasteiger partial charge in [-0.25, -0.2) is 13.4 Å². The molecule has 0 spiro atoms. The normalized spacial score (nSPS) is 12.1. The molecule has 1 atom stereocenters. The van der Waals surface area contributed by atoms with Crippen molar-refractivity contribution < 1.29 is 27.9 Å². The number of aromatic nitrogens is 4. The fraction of sp³-hybridized carbons (Fsp3) is 0.240. The van der Waals surface area contributed by atoms with Gasteiger partial charge in [0.2, 0.25) is 15.9 Å². The predicted octanol–water partition coefficient (Wildman–Crippen LogP) is 1.38. The number of hydrogen-bond donors (Lipinski definition) is 6. The molecule has 14 nitrogen and oxygen atoms in total. The number of amides is 2. The van der Waals surface area contributed by atoms with Gasteiger partial charge in [-0.05, 0) is 48.9 Å². The van der Waals surface area contributed by atoms with Gasteiger partial charge in [0.25, 0.3) is 5.91 Å². The highest BCUT2D eigenvalue weighted by Crippen LogP contribution is 2.17. The SMILES string of the molecule is CC(=O)Nc1ccc(S(=O)(=O)N[C@@H](CNC(=O)c2ccc3c(cnn3CCCNc3ncc[nH]3)c2)C(=O)O)cc1. The summed E-state index contributed by atoms with van der Waals surface area (Å²) in [4.78, 5) is 42.5. The number of sulfonamides is 1. The number of aryl methyl sites for hydroxylation is 1. The first kappa shape index (κ1) is 28.3. The second-order valence-corrected chi connectivity index (χ2v) is 10.5. The molecule has 40 heavy (non-hydrogen) atoms. The summed E-state index contributed by atoms with van der Waals surface area (Å²) in [6, 6.07) is 8.57. The van der Waals surface area contributed by atoms with Crippen LogP contribution in [-0.2, 0) is 26.2 Å². The second-order valence-electron chi connectivity index (χ2n) is 8.79. The summed E-state index contributed by atoms with van der Waals surface area (Å²) in [7, 11) is -4.23. The maximum absolute atomic E-state index is 12.7. The van der Waals surface area contributed by atoms with Crippen molar-refractivity contribution in [2.45, 2.75) is 30.8 Å². The van der Waals surface area contributed by atoms with E-state index >= 15 is 0 Å². The van der Waals surface area contributed by atoms with Crippen molar-refractivity contribution in [1.82, 2.24) is 29.8 Å². The van der Waals surface area contributed by atoms with Crippen LogP contribution in [0, 0.1) is 0 Å². The third kappa shape index (κ3) is 7.21. The highest BCUT2D eigenvalue weighted by molar-refractivity contribution is 7.89. The lowest BCUT2D eigenvalue weighted by atomic mass is 10.1. The molecule has 6 N–H and O–H groups in total. The predicted molar refractivity (Wildman–Crippen MR) is 146 cm³/mol. The van der Waals surface area contributed by atoms with Gasteiger partial charge in [-0.1, -0.05) is 0 Å². The maximum Gasteiger partial charge on any atom is 0.323 e. The van der Waals surface area contributed by atoms with E-state index in [2.05, 4.69) is 35.7 Å². The molecule has 0 aliphatic rings. The molecule has 4 aromatic rings. The minimum atomic E-state index is -4.23. The first-order valence-corrected chi connectivity index (χ1v) is 13.7. The quantitative estimate of drug-likeness (QED) is 0.129. The molecule has 0 radical (unpaired) electrons. The number of carboxylic acids is 1. The van der Waals surface area contributed by atoms with Crippen LogP contribution in [0.15, 0.2) is 66.0 Å². The molecule has 0 fully saturated rings. The number of aromatic amines is 1. The van der Waals surface area contributed by atoms with Crippen LogP contribution in [-0.4, -0.2) is 70.2 Å². The second kappa shape index (κ2) is 12.4. The fourth-order valence-electron chi connectivity index (χ4n) is 3.86. The summed E-state index contributed by atoms with van der Waals surface area (Å²) in [6.07, 6.45) is 5.81. The van der Waals surface area contributed by atoms with E-state index in [1.165, 1.54) is 31.2 Å². The monoisotopic (exact) mass is 568 g/mol. The lowest BCUT2D eigenvalue weighted by Gasteiger charge is -2.16. The number of imidazole rings is 1. The number of nitrogens with one attached hydrogen (secondary N) is 5. The van der Waals surface area contributed by atoms with Crippen molar-refractivity contribution in [3.05, 3.63) is 66.6 Å². The van der Waals surface area contributed by atoms with Gasteiger partial charge in [0, 0.05) is 55.6 Å². The van der Waals surface area contributed by atoms with Gasteiger partial charge in [0.1, 0.15) is 6.04 Å². The molecule has 0 bridgehead atoms. The number of carbonyl (C=O) groups is 3. The highest BCUT2D eigenvalue weighted by atomic mass is 32.2. The molecule has 15 heteroatoms. The maximum atomic E-state index is 12.7. The summed E-state index contributed by atoms with van der Waals surface area (Å²) in [5.41, 5.74) is 1.49. The average Bonchev–Trinajstić information content (AvgIpc) is 3.58. The smallest absolute Gasteiger partial charge is 0.323 e. The largest absolute Gasteiger partial charge is 0.480 e. The van der Waals surface area contributed by atoms with Gasteiger partial charge in [-0.2, -0.15) is 9.82 Å². The number of anilines is 2. The zero-order chi connectivity index (χ0) is 28.7. The first-order valence-electron chi connectivity index (χ1n) is 12.2. The topological polar surface area (TPSA) is 200 Å². The van der Waals surface area contributed by atoms with E-state index in [-0.39, 0.29) is 16.4 Å². The molecule has 2 amide bonds. The molecule has 0 aliphatic carbocycles. The summed E-state index contributed by atoms with van der Waals surface area (Å²) in [5.74, 6) is -1.66. The Bertz CT molecular complexity index is 1600. The Labute approximate surface area is 229 Å². The lowest BCUT2D eigenvalue weighted by Crippen LogP contribution is -2.48. The van der Waals surface area contributed by atoms with Crippen molar-refractivity contribution in [1.29, 1.82) is 0 Å². The Balaban J connectivity index is 1.34. The molecule has 2 heterocycles. The minimum Gasteiger partial charge on any atom is -0.480 e. The molecule has 0 saturated carbocycles. The van der Waals surface area contributed by atoms with Crippen molar-refractivity contribution in [3.8, 4) is 0 Å². The molecule has 2 aromatic carbocycles. The summed E-state index contributed by atoms with van der Waals surface area (Å²) in [5, 5.41) is 22.8. The fourth-order valence-corrected chi connectivity index (χ4v) is 5.05. The number of carboxylic acid groups (broad SMARTS) is 1. The van der Waals surface area contributed by atoms with E-state index in [0.717, 1.165) is 17.3 Å². The first-order chi connectivity index (χ1) is 19.1. The van der Waals surface area contributed by atoms with E-state index in [1.54, 1.807) is 36.8 Å². The molecule has 4 rings (SSSR count). The van der Waals surface area contributed by atoms with Crippen molar-refractivity contribution in [3.63, 3.8) is 0 Å². The van der Waals surface area contributed by atoms with E-state index < -0.39 is 34.5 Å². The van der Waals surface area contributed by atoms with E-state index in [9.17, 15) is 27.9 Å². The molecule has 0 unspecified atom stereocenters. The van der Waals surface area contributed by atoms with E-state index in [4.69, 9.17) is 0 Å². The number of hydrogen-bond acceptors (Lipinski definition) is 8. The lowest BCUT2D eigenvalue weighted by molar-refractivity contribution is -0.138. The molecular weight excluding hydrogens is 540 g/mol. The van der Waals surface area contributed by atoms with Gasteiger partial charge < -0.3 is 26.0 Å². The van der Waals surface area contributed by atoms with E-state index in [0.29, 0.717) is 24.7 Å². The van der Waals surface area contributed by atoms with Crippen LogP contribution in [0.2, 0.25) is 0 Å². The number of rotatable bonds is 13. The van der Waals surface area contributed by atoms with Crippen molar-refractivity contribution in [2.24, 2.45) is 0 Å². The van der Waals surface area contributed by atoms with Gasteiger partial charge in [-0.15, -0.1) is 0 Å². The molecule has 210 valence electrons. The summed E-state index contributed by atoms with van der Waals surface area (Å²) in [6.45, 7) is 2.15. The molecular formula is C25H28N8O6S. The zero-order valence-electron chi connectivity index (χ0n) is 21.4. The number of benzene rings is 2. The van der Waals surface area contributed by atoms with Crippen LogP contribution in [0.1, 0.15) is 23.7 Å². The Kier molecular flexibility index (Phi) is 8.76. The van der Waals surface area contributed by atoms with Crippen LogP contribution in [0.4, 0.5) is 11.6 Å². The van der Waals surface area contributed by atoms with Crippen molar-refractivity contribution in [2.75, 3.05) is 23.7 Å². The minimum absolute atomic E-state index is 0.196. The number of carbonyl (C=O) groups excluding carboxylic acids is 2. The summed E-state index contributed by atoms with van der Waals surface area (Å²) >= 11 is 0. The Morgan fingerprint density at radius 2 is 1.90 bits per heavy atom. The number of aliphatic carboxylic acids is 1. The number of fused-ring (bicyclic) bond motifs is 1. The summed E-state index contributed by atoms with van der Waals surface area (Å²) < 4.78 is 29.3. The van der Waals surface area contributed by atoms with Gasteiger partial charge in [0.05, 0.1) is 16.6 Å². The van der Waals surface area contributed by atoms with Crippen LogP contribution < -0.4 is 20.7 Å². The van der Waals surface area contributed by atoms with Crippen molar-refractivity contribution >= 4 is 50.3 Å². The molecule has 0 aliphatic heterocycles. The van der Waals surface area contributed by atoms with Gasteiger partial charge >= 0.3 is 5.97 Å². The Hall–Kier alpha value is -4.76. The highest BCUT2D eigenvalue weighted by Gasteiger charge is 2.26. The molecule has 0 saturated heterocycles. The van der Waals surface area contributed by atoms with Gasteiger partial charge in [-0.3, -0.25) is 19.1 Å².